The molecule has 0 spiro atoms. The summed E-state index contributed by atoms with van der Waals surface area (Å²) in [7, 11) is 0. The lowest BCUT2D eigenvalue weighted by Crippen LogP contribution is -2.37. The molecule has 2 aromatic rings. The molecule has 0 bridgehead atoms. The fourth-order valence-corrected chi connectivity index (χ4v) is 2.84. The molecule has 0 fully saturated rings. The van der Waals surface area contributed by atoms with E-state index in [0.29, 0.717) is 30.4 Å². The molecule has 1 amide bonds. The smallest absolute Gasteiger partial charge is 0.410 e. The van der Waals surface area contributed by atoms with Gasteiger partial charge in [-0.2, -0.15) is 0 Å². The van der Waals surface area contributed by atoms with Gasteiger partial charge in [0.15, 0.2) is 0 Å². The summed E-state index contributed by atoms with van der Waals surface area (Å²) >= 11 is 11.9. The lowest BCUT2D eigenvalue weighted by Gasteiger charge is -2.27. The molecule has 0 saturated heterocycles. The molecule has 1 aliphatic heterocycles. The van der Waals surface area contributed by atoms with Gasteiger partial charge in [-0.1, -0.05) is 41.9 Å². The van der Waals surface area contributed by atoms with Crippen molar-refractivity contribution in [1.29, 1.82) is 0 Å². The second kappa shape index (κ2) is 6.50. The van der Waals surface area contributed by atoms with Gasteiger partial charge in [-0.3, -0.25) is 0 Å². The number of carbonyl (C=O) groups excluding carboxylic acids is 1. The normalized spacial score (nSPS) is 13.6. The zero-order valence-corrected chi connectivity index (χ0v) is 13.1. The fraction of sp³-hybridized carbons (Fsp3) is 0.267. The van der Waals surface area contributed by atoms with Crippen LogP contribution in [0.4, 0.5) is 4.79 Å². The van der Waals surface area contributed by atoms with E-state index in [9.17, 15) is 4.79 Å². The average molecular weight is 338 g/mol. The highest BCUT2D eigenvalue weighted by Crippen LogP contribution is 2.25. The molecule has 5 nitrogen and oxygen atoms in total. The molecule has 0 aliphatic carbocycles. The third-order valence-electron chi connectivity index (χ3n) is 3.45. The van der Waals surface area contributed by atoms with Crippen molar-refractivity contribution < 1.29 is 9.53 Å². The first kappa shape index (κ1) is 15.1. The highest BCUT2D eigenvalue weighted by molar-refractivity contribution is 6.32. The van der Waals surface area contributed by atoms with Gasteiger partial charge in [0, 0.05) is 12.1 Å². The minimum atomic E-state index is -0.375. The molecule has 0 saturated carbocycles. The van der Waals surface area contributed by atoms with Crippen LogP contribution in [0.5, 0.6) is 0 Å². The van der Waals surface area contributed by atoms with Crippen LogP contribution in [-0.2, 0) is 24.3 Å². The molecule has 0 radical (unpaired) electrons. The Bertz CT molecular complexity index is 695. The lowest BCUT2D eigenvalue weighted by atomic mass is 10.1. The van der Waals surface area contributed by atoms with Crippen molar-refractivity contribution in [2.45, 2.75) is 19.6 Å². The van der Waals surface area contributed by atoms with Crippen LogP contribution in [0.1, 0.15) is 16.8 Å². The number of rotatable bonds is 2. The third kappa shape index (κ3) is 3.31. The van der Waals surface area contributed by atoms with Crippen molar-refractivity contribution >= 4 is 29.3 Å². The zero-order valence-electron chi connectivity index (χ0n) is 11.6. The first-order chi connectivity index (χ1) is 10.6. The highest BCUT2D eigenvalue weighted by Gasteiger charge is 2.25. The van der Waals surface area contributed by atoms with Gasteiger partial charge in [0.05, 0.1) is 12.2 Å². The van der Waals surface area contributed by atoms with E-state index in [4.69, 9.17) is 27.9 Å². The van der Waals surface area contributed by atoms with Crippen molar-refractivity contribution in [2.75, 3.05) is 6.54 Å². The summed E-state index contributed by atoms with van der Waals surface area (Å²) in [5.41, 5.74) is 2.47. The Labute approximate surface area is 137 Å². The molecule has 1 aromatic carbocycles. The Morgan fingerprint density at radius 3 is 2.77 bits per heavy atom. The summed E-state index contributed by atoms with van der Waals surface area (Å²) in [6.07, 6.45) is 0.214. The summed E-state index contributed by atoms with van der Waals surface area (Å²) in [6, 6.07) is 9.54. The maximum atomic E-state index is 12.1. The van der Waals surface area contributed by atoms with Crippen molar-refractivity contribution in [1.82, 2.24) is 14.9 Å². The molecule has 0 atom stereocenters. The van der Waals surface area contributed by atoms with Crippen molar-refractivity contribution in [3.8, 4) is 0 Å². The first-order valence-electron chi connectivity index (χ1n) is 6.80. The van der Waals surface area contributed by atoms with Crippen LogP contribution in [0.2, 0.25) is 10.4 Å². The first-order valence-corrected chi connectivity index (χ1v) is 7.55. The molecule has 1 aromatic heterocycles. The van der Waals surface area contributed by atoms with Gasteiger partial charge < -0.3 is 9.64 Å². The number of hydrogen-bond acceptors (Lipinski definition) is 4. The quantitative estimate of drug-likeness (QED) is 0.621. The van der Waals surface area contributed by atoms with Crippen LogP contribution in [0, 0.1) is 0 Å². The average Bonchev–Trinajstić information content (AvgIpc) is 2.53. The standard InChI is InChI=1S/C15H13Cl2N3O2/c16-13-11-6-7-20(8-12(11)18-14(17)19-13)15(21)22-9-10-4-2-1-3-5-10/h1-5H,6-9H2. The topological polar surface area (TPSA) is 55.3 Å². The molecule has 2 heterocycles. The molecule has 22 heavy (non-hydrogen) atoms. The molecular weight excluding hydrogens is 325 g/mol. The van der Waals surface area contributed by atoms with E-state index in [0.717, 1.165) is 11.1 Å². The number of benzene rings is 1. The lowest BCUT2D eigenvalue weighted by molar-refractivity contribution is 0.0912. The van der Waals surface area contributed by atoms with E-state index in [2.05, 4.69) is 9.97 Å². The minimum Gasteiger partial charge on any atom is -0.445 e. The van der Waals surface area contributed by atoms with Gasteiger partial charge in [0.25, 0.3) is 0 Å². The van der Waals surface area contributed by atoms with E-state index in [1.165, 1.54) is 0 Å². The van der Waals surface area contributed by atoms with Crippen molar-refractivity contribution in [2.24, 2.45) is 0 Å². The number of halogens is 2. The van der Waals surface area contributed by atoms with Crippen LogP contribution in [-0.4, -0.2) is 27.5 Å². The summed E-state index contributed by atoms with van der Waals surface area (Å²) in [4.78, 5) is 21.8. The number of fused-ring (bicyclic) bond motifs is 1. The Morgan fingerprint density at radius 2 is 2.00 bits per heavy atom. The Hall–Kier alpha value is -1.85. The van der Waals surface area contributed by atoms with Gasteiger partial charge in [-0.15, -0.1) is 0 Å². The largest absolute Gasteiger partial charge is 0.445 e. The maximum Gasteiger partial charge on any atom is 0.410 e. The van der Waals surface area contributed by atoms with E-state index in [-0.39, 0.29) is 18.0 Å². The summed E-state index contributed by atoms with van der Waals surface area (Å²) in [5, 5.41) is 0.440. The molecule has 0 N–H and O–H groups in total. The Balaban J connectivity index is 1.65. The van der Waals surface area contributed by atoms with Crippen LogP contribution in [0.3, 0.4) is 0 Å². The third-order valence-corrected chi connectivity index (χ3v) is 3.93. The number of amides is 1. The molecular formula is C15H13Cl2N3O2. The number of aromatic nitrogens is 2. The second-order valence-corrected chi connectivity index (χ2v) is 5.62. The van der Waals surface area contributed by atoms with E-state index >= 15 is 0 Å². The van der Waals surface area contributed by atoms with E-state index in [1.54, 1.807) is 4.90 Å². The SMILES string of the molecule is O=C(OCc1ccccc1)N1CCc2c(Cl)nc(Cl)nc2C1. The second-order valence-electron chi connectivity index (χ2n) is 4.92. The number of hydrogen-bond donors (Lipinski definition) is 0. The Kier molecular flexibility index (Phi) is 4.45. The van der Waals surface area contributed by atoms with Crippen molar-refractivity contribution in [3.05, 3.63) is 57.6 Å². The summed E-state index contributed by atoms with van der Waals surface area (Å²) in [6.45, 7) is 1.09. The number of carbonyl (C=O) groups is 1. The molecule has 0 unspecified atom stereocenters. The summed E-state index contributed by atoms with van der Waals surface area (Å²) in [5.74, 6) is 0. The monoisotopic (exact) mass is 337 g/mol. The van der Waals surface area contributed by atoms with E-state index in [1.807, 2.05) is 30.3 Å². The minimum absolute atomic E-state index is 0.0863. The predicted molar refractivity (Wildman–Crippen MR) is 82.8 cm³/mol. The molecule has 7 heteroatoms. The van der Waals surface area contributed by atoms with Crippen LogP contribution in [0.15, 0.2) is 30.3 Å². The highest BCUT2D eigenvalue weighted by atomic mass is 35.5. The molecule has 3 rings (SSSR count). The van der Waals surface area contributed by atoms with Crippen LogP contribution >= 0.6 is 23.2 Å². The Morgan fingerprint density at radius 1 is 1.23 bits per heavy atom. The predicted octanol–water partition coefficient (Wildman–Crippen LogP) is 3.48. The zero-order chi connectivity index (χ0) is 15.5. The van der Waals surface area contributed by atoms with Gasteiger partial charge in [0.2, 0.25) is 5.28 Å². The summed E-state index contributed by atoms with van der Waals surface area (Å²) < 4.78 is 5.32. The van der Waals surface area contributed by atoms with Crippen LogP contribution in [0.25, 0.3) is 0 Å². The van der Waals surface area contributed by atoms with Gasteiger partial charge >= 0.3 is 6.09 Å². The van der Waals surface area contributed by atoms with Gasteiger partial charge in [-0.25, -0.2) is 14.8 Å². The number of ether oxygens (including phenoxy) is 1. The fourth-order valence-electron chi connectivity index (χ4n) is 2.32. The number of nitrogens with zero attached hydrogens (tertiary/aromatic N) is 3. The van der Waals surface area contributed by atoms with Gasteiger partial charge in [-0.05, 0) is 23.6 Å². The molecule has 1 aliphatic rings. The van der Waals surface area contributed by atoms with Gasteiger partial charge in [0.1, 0.15) is 11.8 Å². The van der Waals surface area contributed by atoms with Crippen LogP contribution < -0.4 is 0 Å². The van der Waals surface area contributed by atoms with Crippen molar-refractivity contribution in [3.63, 3.8) is 0 Å². The van der Waals surface area contributed by atoms with E-state index < -0.39 is 0 Å². The maximum absolute atomic E-state index is 12.1. The molecule has 114 valence electrons.